The Balaban J connectivity index is 1.76. The zero-order chi connectivity index (χ0) is 24.5. The van der Waals surface area contributed by atoms with E-state index in [9.17, 15) is 9.50 Å². The molecule has 1 aromatic carbocycles. The van der Waals surface area contributed by atoms with Crippen LogP contribution in [0.25, 0.3) is 0 Å². The van der Waals surface area contributed by atoms with Crippen molar-refractivity contribution in [1.29, 1.82) is 5.26 Å². The van der Waals surface area contributed by atoms with Crippen LogP contribution in [-0.2, 0) is 4.74 Å². The fourth-order valence-corrected chi connectivity index (χ4v) is 4.08. The second-order valence-corrected chi connectivity index (χ2v) is 9.14. The van der Waals surface area contributed by atoms with Gasteiger partial charge in [-0.3, -0.25) is 0 Å². The Kier molecular flexibility index (Phi) is 9.26. The van der Waals surface area contributed by atoms with E-state index in [4.69, 9.17) is 14.7 Å². The molecule has 0 bridgehead atoms. The molecule has 10 heteroatoms. The smallest absolute Gasteiger partial charge is 0.229 e. The zero-order valence-corrected chi connectivity index (χ0v) is 20.8. The first-order valence-corrected chi connectivity index (χ1v) is 12.9. The molecule has 1 unspecified atom stereocenters. The summed E-state index contributed by atoms with van der Waals surface area (Å²) in [5.74, 6) is 0.491. The van der Waals surface area contributed by atoms with Gasteiger partial charge >= 0.3 is 0 Å². The molecule has 0 fully saturated rings. The number of anilines is 3. The van der Waals surface area contributed by atoms with Gasteiger partial charge in [0, 0.05) is 30.8 Å². The number of nitrogens with zero attached hydrogens (tertiary/aromatic N) is 3. The molecule has 178 valence electrons. The quantitative estimate of drug-likeness (QED) is 0.205. The predicted molar refractivity (Wildman–Crippen MR) is 139 cm³/mol. The minimum absolute atomic E-state index is 0.104. The Morgan fingerprint density at radius 1 is 1.38 bits per heavy atom. The van der Waals surface area contributed by atoms with Crippen LogP contribution in [0.2, 0.25) is 0 Å². The lowest BCUT2D eigenvalue weighted by atomic mass is 9.94. The number of benzene rings is 1. The first-order chi connectivity index (χ1) is 16.4. The SMILES string of the molecule is C=Ic1cnc(Nc2ccc(OCCOC)c(F)c2)nc1NC1=CCCC(C(O)C(=C)C#N)=C1. The Bertz CT molecular complexity index is 1180. The van der Waals surface area contributed by atoms with Crippen molar-refractivity contribution in [1.82, 2.24) is 9.97 Å². The number of hydrogen-bond acceptors (Lipinski definition) is 8. The molecule has 1 aromatic heterocycles. The van der Waals surface area contributed by atoms with Gasteiger partial charge in [-0.25, -0.2) is 9.37 Å². The second-order valence-electron chi connectivity index (χ2n) is 7.22. The largest absolute Gasteiger partial charge is 0.488 e. The van der Waals surface area contributed by atoms with Gasteiger partial charge in [-0.2, -0.15) is 10.2 Å². The lowest BCUT2D eigenvalue weighted by Crippen LogP contribution is -2.16. The van der Waals surface area contributed by atoms with Crippen LogP contribution < -0.4 is 15.4 Å². The summed E-state index contributed by atoms with van der Waals surface area (Å²) in [6.45, 7) is 4.22. The number of halogens is 2. The molecule has 3 N–H and O–H groups in total. The number of aliphatic hydroxyl groups excluding tert-OH is 1. The van der Waals surface area contributed by atoms with Crippen molar-refractivity contribution in [2.75, 3.05) is 31.0 Å². The number of allylic oxidation sites excluding steroid dienone is 2. The summed E-state index contributed by atoms with van der Waals surface area (Å²) in [4.78, 5) is 8.87. The molecule has 0 radical (unpaired) electrons. The molecule has 0 saturated carbocycles. The number of aliphatic hydroxyl groups is 1. The normalized spacial score (nSPS) is 13.8. The van der Waals surface area contributed by atoms with E-state index in [1.807, 2.05) is 12.1 Å². The monoisotopic (exact) mass is 577 g/mol. The summed E-state index contributed by atoms with van der Waals surface area (Å²) in [5, 5.41) is 25.6. The molecule has 34 heavy (non-hydrogen) atoms. The molecule has 8 nitrogen and oxygen atoms in total. The number of hydrogen-bond donors (Lipinski definition) is 3. The van der Waals surface area contributed by atoms with Gasteiger partial charge < -0.3 is 25.2 Å². The van der Waals surface area contributed by atoms with Crippen molar-refractivity contribution in [2.45, 2.75) is 18.9 Å². The molecule has 3 rings (SSSR count). The van der Waals surface area contributed by atoms with Crippen LogP contribution in [0.3, 0.4) is 0 Å². The van der Waals surface area contributed by atoms with Gasteiger partial charge in [0.25, 0.3) is 0 Å². The zero-order valence-electron chi connectivity index (χ0n) is 18.6. The number of ether oxygens (including phenoxy) is 2. The highest BCUT2D eigenvalue weighted by Crippen LogP contribution is 2.28. The predicted octanol–water partition coefficient (Wildman–Crippen LogP) is 4.41. The Hall–Kier alpha value is -3.14. The van der Waals surface area contributed by atoms with Crippen molar-refractivity contribution in [2.24, 2.45) is 0 Å². The third-order valence-corrected chi connectivity index (χ3v) is 6.46. The number of aromatic nitrogens is 2. The highest BCUT2D eigenvalue weighted by Gasteiger charge is 2.18. The fraction of sp³-hybridized carbons (Fsp3) is 0.250. The van der Waals surface area contributed by atoms with Crippen LogP contribution in [0.15, 0.2) is 60.0 Å². The Morgan fingerprint density at radius 3 is 2.91 bits per heavy atom. The maximum atomic E-state index is 14.3. The van der Waals surface area contributed by atoms with Crippen molar-refractivity contribution in [3.8, 4) is 11.8 Å². The summed E-state index contributed by atoms with van der Waals surface area (Å²) in [6, 6.07) is 6.41. The minimum atomic E-state index is -1.01. The Morgan fingerprint density at radius 2 is 2.21 bits per heavy atom. The van der Waals surface area contributed by atoms with E-state index in [-0.39, 0.29) is 23.9 Å². The van der Waals surface area contributed by atoms with E-state index < -0.39 is 32.7 Å². The molecule has 0 aliphatic heterocycles. The maximum absolute atomic E-state index is 14.3. The average Bonchev–Trinajstić information content (AvgIpc) is 2.85. The second kappa shape index (κ2) is 12.4. The average molecular weight is 577 g/mol. The number of nitriles is 1. The molecule has 0 amide bonds. The van der Waals surface area contributed by atoms with Crippen LogP contribution in [-0.4, -0.2) is 46.0 Å². The Labute approximate surface area is 207 Å². The van der Waals surface area contributed by atoms with Gasteiger partial charge in [0.2, 0.25) is 5.95 Å². The highest BCUT2D eigenvalue weighted by atomic mass is 127. The van der Waals surface area contributed by atoms with E-state index in [2.05, 4.69) is 31.7 Å². The first kappa shape index (κ1) is 25.5. The molecule has 1 aliphatic rings. The summed E-state index contributed by atoms with van der Waals surface area (Å²) in [7, 11) is 1.55. The standard InChI is InChI=1S/C24H25FIN5O3/c1-15(13-27)22(32)16-5-4-6-17(11-16)29-23-20(26-2)14-28-24(31-23)30-18-7-8-21(19(25)12-18)34-10-9-33-3/h6-8,11-12,14,22,32H,1-2,4-5,9-10H2,3H3,(H2,28,29,30,31). The van der Waals surface area contributed by atoms with Crippen LogP contribution in [0.4, 0.5) is 21.8 Å². The summed E-state index contributed by atoms with van der Waals surface area (Å²) < 4.78 is 29.5. The van der Waals surface area contributed by atoms with Crippen molar-refractivity contribution in [3.05, 3.63) is 69.4 Å². The van der Waals surface area contributed by atoms with Crippen LogP contribution in [0, 0.1) is 20.7 Å². The molecule has 1 aliphatic carbocycles. The van der Waals surface area contributed by atoms with Gasteiger partial charge in [-0.1, -0.05) is 37.9 Å². The molecular formula is C24H25FIN5O3. The lowest BCUT2D eigenvalue weighted by Gasteiger charge is -2.19. The topological polar surface area (TPSA) is 112 Å². The fourth-order valence-electron chi connectivity index (χ4n) is 3.12. The number of methoxy groups -OCH3 is 1. The van der Waals surface area contributed by atoms with Crippen molar-refractivity contribution >= 4 is 42.7 Å². The van der Waals surface area contributed by atoms with Crippen molar-refractivity contribution in [3.63, 3.8) is 0 Å². The van der Waals surface area contributed by atoms with Gasteiger partial charge in [0.05, 0.1) is 21.8 Å². The van der Waals surface area contributed by atoms with E-state index in [0.29, 0.717) is 36.5 Å². The highest BCUT2D eigenvalue weighted by molar-refractivity contribution is 14.2. The molecule has 0 spiro atoms. The van der Waals surface area contributed by atoms with E-state index in [1.165, 1.54) is 12.1 Å². The van der Waals surface area contributed by atoms with Crippen LogP contribution >= 0.6 is 20.7 Å². The lowest BCUT2D eigenvalue weighted by molar-refractivity contribution is 0.144. The molecular weight excluding hydrogens is 552 g/mol. The maximum Gasteiger partial charge on any atom is 0.229 e. The van der Waals surface area contributed by atoms with E-state index in [1.54, 1.807) is 25.4 Å². The third kappa shape index (κ3) is 6.69. The minimum Gasteiger partial charge on any atom is -0.488 e. The first-order valence-electron chi connectivity index (χ1n) is 10.3. The summed E-state index contributed by atoms with van der Waals surface area (Å²) >= 11 is -0.576. The summed E-state index contributed by atoms with van der Waals surface area (Å²) in [6.07, 6.45) is 5.81. The van der Waals surface area contributed by atoms with Gasteiger partial charge in [-0.05, 0) is 36.6 Å². The van der Waals surface area contributed by atoms with Gasteiger partial charge in [-0.15, -0.1) is 0 Å². The van der Waals surface area contributed by atoms with Gasteiger partial charge in [0.15, 0.2) is 11.6 Å². The molecule has 1 heterocycles. The molecule has 2 aromatic rings. The summed E-state index contributed by atoms with van der Waals surface area (Å²) in [5.41, 5.74) is 2.03. The number of nitrogens with one attached hydrogen (secondary N) is 2. The van der Waals surface area contributed by atoms with Crippen LogP contribution in [0.5, 0.6) is 5.75 Å². The number of rotatable bonds is 11. The van der Waals surface area contributed by atoms with E-state index >= 15 is 0 Å². The van der Waals surface area contributed by atoms with E-state index in [0.717, 1.165) is 9.27 Å². The van der Waals surface area contributed by atoms with Crippen molar-refractivity contribution < 1.29 is 19.0 Å². The van der Waals surface area contributed by atoms with Gasteiger partial charge in [0.1, 0.15) is 18.5 Å². The molecule has 0 saturated heterocycles. The van der Waals surface area contributed by atoms with Crippen LogP contribution in [0.1, 0.15) is 12.8 Å². The molecule has 1 atom stereocenters. The third-order valence-electron chi connectivity index (χ3n) is 4.85.